The first kappa shape index (κ1) is 10.7. The topological polar surface area (TPSA) is 21.3 Å². The average Bonchev–Trinajstić information content (AvgIpc) is 2.74. The van der Waals surface area contributed by atoms with Crippen LogP contribution in [0.1, 0.15) is 24.4 Å². The SMILES string of the molecule is COc1cc(F)cc(C2CCCN2)c1Cl. The predicted octanol–water partition coefficient (Wildman–Crippen LogP) is 2.91. The third kappa shape index (κ3) is 2.08. The van der Waals surface area contributed by atoms with Crippen molar-refractivity contribution in [3.05, 3.63) is 28.5 Å². The molecule has 1 unspecified atom stereocenters. The molecule has 4 heteroatoms. The van der Waals surface area contributed by atoms with Crippen molar-refractivity contribution in [2.24, 2.45) is 0 Å². The van der Waals surface area contributed by atoms with Gasteiger partial charge in [0, 0.05) is 12.1 Å². The van der Waals surface area contributed by atoms with E-state index in [-0.39, 0.29) is 11.9 Å². The Balaban J connectivity index is 2.40. The summed E-state index contributed by atoms with van der Waals surface area (Å²) in [6.45, 7) is 0.958. The number of hydrogen-bond donors (Lipinski definition) is 1. The lowest BCUT2D eigenvalue weighted by atomic mass is 10.0. The summed E-state index contributed by atoms with van der Waals surface area (Å²) in [5, 5.41) is 3.80. The number of benzene rings is 1. The third-order valence-corrected chi connectivity index (χ3v) is 3.09. The average molecular weight is 230 g/mol. The molecule has 1 aliphatic heterocycles. The van der Waals surface area contributed by atoms with E-state index in [9.17, 15) is 4.39 Å². The number of hydrogen-bond acceptors (Lipinski definition) is 2. The molecule has 0 aliphatic carbocycles. The molecule has 1 aliphatic rings. The van der Waals surface area contributed by atoms with E-state index < -0.39 is 0 Å². The zero-order valence-electron chi connectivity index (χ0n) is 8.52. The Morgan fingerprint density at radius 2 is 2.33 bits per heavy atom. The van der Waals surface area contributed by atoms with Gasteiger partial charge in [0.05, 0.1) is 12.1 Å². The maximum Gasteiger partial charge on any atom is 0.140 e. The molecular weight excluding hydrogens is 217 g/mol. The molecule has 2 rings (SSSR count). The summed E-state index contributed by atoms with van der Waals surface area (Å²) < 4.78 is 18.3. The molecule has 82 valence electrons. The molecule has 0 spiro atoms. The van der Waals surface area contributed by atoms with E-state index in [2.05, 4.69) is 5.32 Å². The van der Waals surface area contributed by atoms with Crippen molar-refractivity contribution in [3.8, 4) is 5.75 Å². The van der Waals surface area contributed by atoms with Crippen LogP contribution in [0, 0.1) is 5.82 Å². The summed E-state index contributed by atoms with van der Waals surface area (Å²) in [6.07, 6.45) is 2.09. The molecule has 1 saturated heterocycles. The molecule has 2 nitrogen and oxygen atoms in total. The molecule has 1 fully saturated rings. The number of nitrogens with one attached hydrogen (secondary N) is 1. The Bertz CT molecular complexity index is 364. The summed E-state index contributed by atoms with van der Waals surface area (Å²) in [7, 11) is 1.49. The van der Waals surface area contributed by atoms with E-state index in [1.807, 2.05) is 0 Å². The van der Waals surface area contributed by atoms with Crippen LogP contribution >= 0.6 is 11.6 Å². The fourth-order valence-corrected chi connectivity index (χ4v) is 2.25. The summed E-state index contributed by atoms with van der Waals surface area (Å²) in [6, 6.07) is 2.94. The van der Waals surface area contributed by atoms with Gasteiger partial charge in [0.25, 0.3) is 0 Å². The van der Waals surface area contributed by atoms with Crippen LogP contribution in [0.2, 0.25) is 5.02 Å². The Hall–Kier alpha value is -0.800. The molecule has 15 heavy (non-hydrogen) atoms. The fourth-order valence-electron chi connectivity index (χ4n) is 1.94. The van der Waals surface area contributed by atoms with E-state index >= 15 is 0 Å². The molecule has 0 bridgehead atoms. The maximum absolute atomic E-state index is 13.3. The lowest BCUT2D eigenvalue weighted by Gasteiger charge is -2.15. The standard InChI is InChI=1S/C11H13ClFNO/c1-15-10-6-7(13)5-8(11(10)12)9-3-2-4-14-9/h5-6,9,14H,2-4H2,1H3. The van der Waals surface area contributed by atoms with Gasteiger partial charge in [0.15, 0.2) is 0 Å². The minimum Gasteiger partial charge on any atom is -0.495 e. The Morgan fingerprint density at radius 1 is 1.53 bits per heavy atom. The van der Waals surface area contributed by atoms with Crippen molar-refractivity contribution < 1.29 is 9.13 Å². The highest BCUT2D eigenvalue weighted by molar-refractivity contribution is 6.32. The normalized spacial score (nSPS) is 20.6. The largest absolute Gasteiger partial charge is 0.495 e. The van der Waals surface area contributed by atoms with Crippen LogP contribution in [0.15, 0.2) is 12.1 Å². The van der Waals surface area contributed by atoms with Crippen molar-refractivity contribution in [2.45, 2.75) is 18.9 Å². The second-order valence-electron chi connectivity index (χ2n) is 3.66. The molecule has 0 amide bonds. The minimum absolute atomic E-state index is 0.155. The molecule has 0 radical (unpaired) electrons. The second kappa shape index (κ2) is 4.37. The van der Waals surface area contributed by atoms with Gasteiger partial charge in [-0.1, -0.05) is 11.6 Å². The lowest BCUT2D eigenvalue weighted by Crippen LogP contribution is -2.13. The van der Waals surface area contributed by atoms with E-state index in [0.717, 1.165) is 24.9 Å². The highest BCUT2D eigenvalue weighted by atomic mass is 35.5. The summed E-state index contributed by atoms with van der Waals surface area (Å²) >= 11 is 6.13. The lowest BCUT2D eigenvalue weighted by molar-refractivity contribution is 0.410. The van der Waals surface area contributed by atoms with Crippen molar-refractivity contribution in [1.29, 1.82) is 0 Å². The van der Waals surface area contributed by atoms with Gasteiger partial charge in [0.1, 0.15) is 11.6 Å². The van der Waals surface area contributed by atoms with Gasteiger partial charge in [0.2, 0.25) is 0 Å². The molecule has 1 aromatic rings. The van der Waals surface area contributed by atoms with Crippen LogP contribution in [-0.4, -0.2) is 13.7 Å². The van der Waals surface area contributed by atoms with Crippen LogP contribution in [0.25, 0.3) is 0 Å². The van der Waals surface area contributed by atoms with Crippen LogP contribution in [0.3, 0.4) is 0 Å². The molecule has 1 heterocycles. The fraction of sp³-hybridized carbons (Fsp3) is 0.455. The molecule has 0 aromatic heterocycles. The number of ether oxygens (including phenoxy) is 1. The van der Waals surface area contributed by atoms with Crippen LogP contribution in [-0.2, 0) is 0 Å². The van der Waals surface area contributed by atoms with Gasteiger partial charge in [-0.15, -0.1) is 0 Å². The molecule has 1 N–H and O–H groups in total. The van der Waals surface area contributed by atoms with Crippen LogP contribution in [0.4, 0.5) is 4.39 Å². The highest BCUT2D eigenvalue weighted by Gasteiger charge is 2.21. The molecular formula is C11H13ClFNO. The molecule has 1 aromatic carbocycles. The second-order valence-corrected chi connectivity index (χ2v) is 4.04. The molecule has 1 atom stereocenters. The van der Waals surface area contributed by atoms with Crippen LogP contribution < -0.4 is 10.1 Å². The van der Waals surface area contributed by atoms with Gasteiger partial charge < -0.3 is 10.1 Å². The smallest absolute Gasteiger partial charge is 0.140 e. The van der Waals surface area contributed by atoms with Crippen molar-refractivity contribution in [3.63, 3.8) is 0 Å². The first-order chi connectivity index (χ1) is 7.22. The summed E-state index contributed by atoms with van der Waals surface area (Å²) in [4.78, 5) is 0. The van der Waals surface area contributed by atoms with E-state index in [1.54, 1.807) is 0 Å². The highest BCUT2D eigenvalue weighted by Crippen LogP contribution is 2.36. The first-order valence-electron chi connectivity index (χ1n) is 4.98. The predicted molar refractivity (Wildman–Crippen MR) is 57.9 cm³/mol. The van der Waals surface area contributed by atoms with Crippen molar-refractivity contribution in [1.82, 2.24) is 5.32 Å². The Kier molecular flexibility index (Phi) is 3.12. The third-order valence-electron chi connectivity index (χ3n) is 2.69. The van der Waals surface area contributed by atoms with Gasteiger partial charge in [-0.05, 0) is 31.0 Å². The van der Waals surface area contributed by atoms with Crippen molar-refractivity contribution in [2.75, 3.05) is 13.7 Å². The zero-order valence-corrected chi connectivity index (χ0v) is 9.27. The van der Waals surface area contributed by atoms with E-state index in [4.69, 9.17) is 16.3 Å². The van der Waals surface area contributed by atoms with Crippen LogP contribution in [0.5, 0.6) is 5.75 Å². The van der Waals surface area contributed by atoms with Gasteiger partial charge in [-0.2, -0.15) is 0 Å². The van der Waals surface area contributed by atoms with Crippen molar-refractivity contribution >= 4 is 11.6 Å². The number of halogens is 2. The summed E-state index contributed by atoms with van der Waals surface area (Å²) in [5.74, 6) is 0.0975. The Labute approximate surface area is 93.4 Å². The van der Waals surface area contributed by atoms with E-state index in [0.29, 0.717) is 10.8 Å². The molecule has 0 saturated carbocycles. The maximum atomic E-state index is 13.3. The van der Waals surface area contributed by atoms with Gasteiger partial charge in [-0.25, -0.2) is 4.39 Å². The Morgan fingerprint density at radius 3 is 2.93 bits per heavy atom. The quantitative estimate of drug-likeness (QED) is 0.842. The first-order valence-corrected chi connectivity index (χ1v) is 5.36. The van der Waals surface area contributed by atoms with E-state index in [1.165, 1.54) is 19.2 Å². The van der Waals surface area contributed by atoms with Gasteiger partial charge >= 0.3 is 0 Å². The monoisotopic (exact) mass is 229 g/mol. The number of rotatable bonds is 2. The summed E-state index contributed by atoms with van der Waals surface area (Å²) in [5.41, 5.74) is 0.797. The minimum atomic E-state index is -0.306. The van der Waals surface area contributed by atoms with Gasteiger partial charge in [-0.3, -0.25) is 0 Å². The number of methoxy groups -OCH3 is 1. The zero-order chi connectivity index (χ0) is 10.8.